The molecule has 0 N–H and O–H groups in total. The molecular formula is C10H12N2O2. The number of carbonyl (C=O) groups is 2. The Morgan fingerprint density at radius 3 is 2.14 bits per heavy atom. The van der Waals surface area contributed by atoms with Gasteiger partial charge in [-0.3, -0.25) is 9.59 Å². The second-order valence-corrected chi connectivity index (χ2v) is 3.07. The minimum Gasteiger partial charge on any atom is -0.274 e. The van der Waals surface area contributed by atoms with Crippen molar-refractivity contribution in [2.45, 2.75) is 20.8 Å². The zero-order chi connectivity index (χ0) is 10.7. The number of rotatable bonds is 1. The van der Waals surface area contributed by atoms with Gasteiger partial charge in [-0.15, -0.1) is 0 Å². The Morgan fingerprint density at radius 1 is 1.21 bits per heavy atom. The maximum atomic E-state index is 11.1. The summed E-state index contributed by atoms with van der Waals surface area (Å²) < 4.78 is 0. The first-order valence-corrected chi connectivity index (χ1v) is 4.26. The largest absolute Gasteiger partial charge is 0.274 e. The van der Waals surface area contributed by atoms with Crippen LogP contribution in [0.5, 0.6) is 0 Å². The van der Waals surface area contributed by atoms with Gasteiger partial charge in [-0.1, -0.05) is 6.07 Å². The number of hydrogen-bond donors (Lipinski definition) is 0. The molecule has 1 heterocycles. The number of imide groups is 1. The summed E-state index contributed by atoms with van der Waals surface area (Å²) >= 11 is 0. The lowest BCUT2D eigenvalue weighted by molar-refractivity contribution is -0.124. The van der Waals surface area contributed by atoms with Gasteiger partial charge < -0.3 is 0 Å². The molecule has 0 fully saturated rings. The van der Waals surface area contributed by atoms with E-state index in [0.717, 1.165) is 10.5 Å². The lowest BCUT2D eigenvalue weighted by Crippen LogP contribution is -2.33. The molecule has 0 atom stereocenters. The summed E-state index contributed by atoms with van der Waals surface area (Å²) in [5.41, 5.74) is 0.987. The molecule has 0 aliphatic rings. The lowest BCUT2D eigenvalue weighted by Gasteiger charge is -2.15. The summed E-state index contributed by atoms with van der Waals surface area (Å²) in [7, 11) is 0. The molecule has 14 heavy (non-hydrogen) atoms. The van der Waals surface area contributed by atoms with Gasteiger partial charge in [-0.05, 0) is 18.6 Å². The molecule has 0 aliphatic carbocycles. The van der Waals surface area contributed by atoms with Crippen LogP contribution < -0.4 is 4.90 Å². The molecule has 0 saturated heterocycles. The molecule has 4 heteroatoms. The molecule has 0 saturated carbocycles. The number of pyridine rings is 1. The van der Waals surface area contributed by atoms with Crippen LogP contribution in [0.2, 0.25) is 0 Å². The predicted molar refractivity (Wildman–Crippen MR) is 52.8 cm³/mol. The second-order valence-electron chi connectivity index (χ2n) is 3.07. The monoisotopic (exact) mass is 192 g/mol. The van der Waals surface area contributed by atoms with E-state index in [1.165, 1.54) is 13.8 Å². The van der Waals surface area contributed by atoms with Crippen molar-refractivity contribution in [3.63, 3.8) is 0 Å². The van der Waals surface area contributed by atoms with Crippen LogP contribution in [0.15, 0.2) is 18.3 Å². The predicted octanol–water partition coefficient (Wildman–Crippen LogP) is 1.29. The Morgan fingerprint density at radius 2 is 1.79 bits per heavy atom. The normalized spacial score (nSPS) is 9.64. The lowest BCUT2D eigenvalue weighted by atomic mass is 10.3. The first-order chi connectivity index (χ1) is 6.52. The van der Waals surface area contributed by atoms with Crippen molar-refractivity contribution in [2.75, 3.05) is 4.90 Å². The molecule has 0 radical (unpaired) electrons. The van der Waals surface area contributed by atoms with E-state index >= 15 is 0 Å². The van der Waals surface area contributed by atoms with E-state index in [1.807, 2.05) is 6.92 Å². The smallest absolute Gasteiger partial charge is 0.231 e. The number of hydrogen-bond acceptors (Lipinski definition) is 3. The third-order valence-electron chi connectivity index (χ3n) is 1.75. The molecule has 1 rings (SSSR count). The summed E-state index contributed by atoms with van der Waals surface area (Å²) in [6.07, 6.45) is 1.62. The molecule has 0 bridgehead atoms. The van der Waals surface area contributed by atoms with E-state index in [1.54, 1.807) is 18.3 Å². The third kappa shape index (κ3) is 2.16. The molecule has 1 aromatic rings. The zero-order valence-electron chi connectivity index (χ0n) is 8.44. The van der Waals surface area contributed by atoms with E-state index in [9.17, 15) is 9.59 Å². The van der Waals surface area contributed by atoms with E-state index in [-0.39, 0.29) is 11.8 Å². The fourth-order valence-corrected chi connectivity index (χ4v) is 1.14. The van der Waals surface area contributed by atoms with Crippen molar-refractivity contribution in [3.05, 3.63) is 23.9 Å². The zero-order valence-corrected chi connectivity index (χ0v) is 8.44. The standard InChI is InChI=1S/C10H12N2O2/c1-7-4-5-10(11-6-7)12(8(2)13)9(3)14/h4-6H,1-3H3. The third-order valence-corrected chi connectivity index (χ3v) is 1.75. The number of aromatic nitrogens is 1. The quantitative estimate of drug-likeness (QED) is 0.673. The first-order valence-electron chi connectivity index (χ1n) is 4.26. The molecule has 74 valence electrons. The van der Waals surface area contributed by atoms with Crippen LogP contribution in [0.1, 0.15) is 19.4 Å². The highest BCUT2D eigenvalue weighted by molar-refractivity contribution is 6.12. The summed E-state index contributed by atoms with van der Waals surface area (Å²) in [4.78, 5) is 27.3. The van der Waals surface area contributed by atoms with Gasteiger partial charge in [0.25, 0.3) is 0 Å². The topological polar surface area (TPSA) is 50.3 Å². The van der Waals surface area contributed by atoms with Crippen molar-refractivity contribution < 1.29 is 9.59 Å². The molecule has 0 aliphatic heterocycles. The fourth-order valence-electron chi connectivity index (χ4n) is 1.14. The summed E-state index contributed by atoms with van der Waals surface area (Å²) in [6.45, 7) is 4.56. The van der Waals surface area contributed by atoms with Crippen molar-refractivity contribution in [1.82, 2.24) is 4.98 Å². The van der Waals surface area contributed by atoms with Crippen molar-refractivity contribution in [2.24, 2.45) is 0 Å². The molecule has 0 spiro atoms. The molecule has 0 unspecified atom stereocenters. The first kappa shape index (κ1) is 10.4. The Kier molecular flexibility index (Phi) is 2.96. The van der Waals surface area contributed by atoms with Crippen LogP contribution in [-0.2, 0) is 9.59 Å². The highest BCUT2D eigenvalue weighted by Gasteiger charge is 2.16. The van der Waals surface area contributed by atoms with Gasteiger partial charge in [0.1, 0.15) is 5.82 Å². The number of nitrogens with zero attached hydrogens (tertiary/aromatic N) is 2. The van der Waals surface area contributed by atoms with Crippen molar-refractivity contribution >= 4 is 17.6 Å². The Labute approximate surface area is 82.6 Å². The van der Waals surface area contributed by atoms with E-state index in [0.29, 0.717) is 5.82 Å². The van der Waals surface area contributed by atoms with Crippen LogP contribution in [0.25, 0.3) is 0 Å². The summed E-state index contributed by atoms with van der Waals surface area (Å²) in [5, 5.41) is 0. The second kappa shape index (κ2) is 4.00. The summed E-state index contributed by atoms with van der Waals surface area (Å²) in [5.74, 6) is -0.279. The van der Waals surface area contributed by atoms with Crippen molar-refractivity contribution in [3.8, 4) is 0 Å². The fraction of sp³-hybridized carbons (Fsp3) is 0.300. The van der Waals surface area contributed by atoms with Gasteiger partial charge >= 0.3 is 0 Å². The average Bonchev–Trinajstić information content (AvgIpc) is 2.07. The van der Waals surface area contributed by atoms with Gasteiger partial charge in [0, 0.05) is 20.0 Å². The number of aryl methyl sites for hydroxylation is 1. The van der Waals surface area contributed by atoms with Crippen LogP contribution in [0.4, 0.5) is 5.82 Å². The van der Waals surface area contributed by atoms with Gasteiger partial charge in [0.15, 0.2) is 0 Å². The molecular weight excluding hydrogens is 180 g/mol. The molecule has 0 aromatic carbocycles. The van der Waals surface area contributed by atoms with E-state index in [4.69, 9.17) is 0 Å². The summed E-state index contributed by atoms with van der Waals surface area (Å²) in [6, 6.07) is 3.46. The van der Waals surface area contributed by atoms with Crippen molar-refractivity contribution in [1.29, 1.82) is 0 Å². The van der Waals surface area contributed by atoms with Gasteiger partial charge in [-0.25, -0.2) is 9.88 Å². The highest BCUT2D eigenvalue weighted by Crippen LogP contribution is 2.11. The molecule has 1 aromatic heterocycles. The molecule has 2 amide bonds. The number of amides is 2. The minimum atomic E-state index is -0.325. The maximum absolute atomic E-state index is 11.1. The Hall–Kier alpha value is -1.71. The number of carbonyl (C=O) groups excluding carboxylic acids is 2. The SMILES string of the molecule is CC(=O)N(C(C)=O)c1ccc(C)cn1. The van der Waals surface area contributed by atoms with Gasteiger partial charge in [0.2, 0.25) is 11.8 Å². The van der Waals surface area contributed by atoms with Crippen LogP contribution in [-0.4, -0.2) is 16.8 Å². The van der Waals surface area contributed by atoms with E-state index < -0.39 is 0 Å². The van der Waals surface area contributed by atoms with Crippen LogP contribution in [0.3, 0.4) is 0 Å². The molecule has 4 nitrogen and oxygen atoms in total. The van der Waals surface area contributed by atoms with Crippen LogP contribution >= 0.6 is 0 Å². The van der Waals surface area contributed by atoms with Gasteiger partial charge in [0.05, 0.1) is 0 Å². The minimum absolute atomic E-state index is 0.325. The van der Waals surface area contributed by atoms with Gasteiger partial charge in [-0.2, -0.15) is 0 Å². The maximum Gasteiger partial charge on any atom is 0.231 e. The number of anilines is 1. The van der Waals surface area contributed by atoms with Crippen LogP contribution in [0, 0.1) is 6.92 Å². The Balaban J connectivity index is 3.06. The Bertz CT molecular complexity index is 343. The average molecular weight is 192 g/mol. The van der Waals surface area contributed by atoms with E-state index in [2.05, 4.69) is 4.98 Å². The highest BCUT2D eigenvalue weighted by atomic mass is 16.2.